The average Bonchev–Trinajstić information content (AvgIpc) is 2.89. The molecule has 1 atom stereocenters. The van der Waals surface area contributed by atoms with Gasteiger partial charge in [-0.05, 0) is 45.1 Å². The second-order valence-electron chi connectivity index (χ2n) is 4.87. The molecule has 1 aliphatic carbocycles. The van der Waals surface area contributed by atoms with E-state index in [2.05, 4.69) is 12.2 Å². The Hall–Kier alpha value is -0.570. The summed E-state index contributed by atoms with van der Waals surface area (Å²) in [4.78, 5) is 13.9. The third kappa shape index (κ3) is 3.20. The van der Waals surface area contributed by atoms with Gasteiger partial charge in [0.2, 0.25) is 5.91 Å². The average molecular weight is 210 g/mol. The number of amides is 1. The summed E-state index contributed by atoms with van der Waals surface area (Å²) in [6, 6.07) is 0.549. The first-order valence-electron chi connectivity index (χ1n) is 6.30. The Balaban J connectivity index is 1.76. The number of hydrogen-bond donors (Lipinski definition) is 1. The molecular weight excluding hydrogens is 188 g/mol. The number of nitrogens with one attached hydrogen (secondary N) is 1. The Morgan fingerprint density at radius 1 is 1.40 bits per heavy atom. The molecule has 1 unspecified atom stereocenters. The fourth-order valence-electron chi connectivity index (χ4n) is 2.28. The summed E-state index contributed by atoms with van der Waals surface area (Å²) in [5.41, 5.74) is 0. The maximum atomic E-state index is 11.9. The predicted molar refractivity (Wildman–Crippen MR) is 60.6 cm³/mol. The van der Waals surface area contributed by atoms with Gasteiger partial charge in [0, 0.05) is 25.6 Å². The molecule has 0 aromatic heterocycles. The molecule has 1 saturated carbocycles. The molecule has 0 radical (unpaired) electrons. The van der Waals surface area contributed by atoms with E-state index in [0.29, 0.717) is 17.9 Å². The lowest BCUT2D eigenvalue weighted by molar-refractivity contribution is -0.131. The van der Waals surface area contributed by atoms with Gasteiger partial charge in [0.1, 0.15) is 0 Å². The van der Waals surface area contributed by atoms with Gasteiger partial charge in [-0.3, -0.25) is 4.79 Å². The summed E-state index contributed by atoms with van der Waals surface area (Å²) < 4.78 is 0. The van der Waals surface area contributed by atoms with Crippen LogP contribution in [0.3, 0.4) is 0 Å². The van der Waals surface area contributed by atoms with E-state index in [1.807, 2.05) is 4.90 Å². The van der Waals surface area contributed by atoms with Gasteiger partial charge in [-0.25, -0.2) is 0 Å². The lowest BCUT2D eigenvalue weighted by Gasteiger charge is -2.24. The van der Waals surface area contributed by atoms with E-state index in [4.69, 9.17) is 0 Å². The van der Waals surface area contributed by atoms with Crippen molar-refractivity contribution < 1.29 is 4.79 Å². The molecule has 86 valence electrons. The molecule has 0 bridgehead atoms. The van der Waals surface area contributed by atoms with Crippen molar-refractivity contribution in [3.63, 3.8) is 0 Å². The topological polar surface area (TPSA) is 32.3 Å². The number of rotatable bonds is 5. The first-order valence-corrected chi connectivity index (χ1v) is 6.30. The predicted octanol–water partition coefficient (Wildman–Crippen LogP) is 1.39. The third-order valence-electron chi connectivity index (χ3n) is 3.50. The van der Waals surface area contributed by atoms with Gasteiger partial charge in [0.25, 0.3) is 0 Å². The number of nitrogens with zero attached hydrogens (tertiary/aromatic N) is 1. The van der Waals surface area contributed by atoms with Crippen LogP contribution in [0, 0.1) is 5.92 Å². The van der Waals surface area contributed by atoms with E-state index in [1.165, 1.54) is 25.7 Å². The van der Waals surface area contributed by atoms with E-state index < -0.39 is 0 Å². The van der Waals surface area contributed by atoms with Crippen LogP contribution in [-0.2, 0) is 4.79 Å². The van der Waals surface area contributed by atoms with Crippen molar-refractivity contribution in [2.24, 2.45) is 5.92 Å². The van der Waals surface area contributed by atoms with Gasteiger partial charge in [0.05, 0.1) is 0 Å². The van der Waals surface area contributed by atoms with Gasteiger partial charge in [-0.2, -0.15) is 0 Å². The highest BCUT2D eigenvalue weighted by atomic mass is 16.2. The molecule has 1 heterocycles. The summed E-state index contributed by atoms with van der Waals surface area (Å²) in [6.45, 7) is 4.99. The summed E-state index contributed by atoms with van der Waals surface area (Å²) in [6.07, 6.45) is 5.82. The minimum atomic E-state index is 0.369. The molecule has 1 N–H and O–H groups in total. The number of likely N-dealkylation sites (N-methyl/N-ethyl adjacent to an activating group) is 1. The van der Waals surface area contributed by atoms with E-state index >= 15 is 0 Å². The van der Waals surface area contributed by atoms with Crippen LogP contribution in [0.5, 0.6) is 0 Å². The summed E-state index contributed by atoms with van der Waals surface area (Å²) in [5, 5.41) is 3.45. The number of carbonyl (C=O) groups excluding carboxylic acids is 1. The molecule has 0 spiro atoms. The van der Waals surface area contributed by atoms with Crippen LogP contribution in [-0.4, -0.2) is 36.5 Å². The highest BCUT2D eigenvalue weighted by molar-refractivity contribution is 5.76. The van der Waals surface area contributed by atoms with Crippen LogP contribution >= 0.6 is 0 Å². The first kappa shape index (κ1) is 10.9. The molecule has 2 fully saturated rings. The van der Waals surface area contributed by atoms with Crippen LogP contribution in [0.1, 0.15) is 39.0 Å². The molecule has 1 saturated heterocycles. The van der Waals surface area contributed by atoms with Crippen molar-refractivity contribution in [1.29, 1.82) is 0 Å². The molecule has 3 heteroatoms. The van der Waals surface area contributed by atoms with Crippen LogP contribution in [0.15, 0.2) is 0 Å². The zero-order chi connectivity index (χ0) is 10.7. The fraction of sp³-hybridized carbons (Fsp3) is 0.917. The van der Waals surface area contributed by atoms with E-state index in [9.17, 15) is 4.79 Å². The van der Waals surface area contributed by atoms with Crippen molar-refractivity contribution in [3.05, 3.63) is 0 Å². The van der Waals surface area contributed by atoms with E-state index in [1.54, 1.807) is 0 Å². The summed E-state index contributed by atoms with van der Waals surface area (Å²) >= 11 is 0. The Bertz CT molecular complexity index is 220. The highest BCUT2D eigenvalue weighted by Gasteiger charge is 2.27. The van der Waals surface area contributed by atoms with Gasteiger partial charge in [0.15, 0.2) is 0 Å². The minimum Gasteiger partial charge on any atom is -0.341 e. The SMILES string of the molecule is CCN(CC1CCCN1)C(=O)CC1CC1. The maximum absolute atomic E-state index is 11.9. The van der Waals surface area contributed by atoms with Crippen LogP contribution in [0.2, 0.25) is 0 Å². The molecule has 0 aromatic rings. The normalized spacial score (nSPS) is 25.5. The van der Waals surface area contributed by atoms with Crippen LogP contribution < -0.4 is 5.32 Å². The molecule has 1 aliphatic heterocycles. The first-order chi connectivity index (χ1) is 7.29. The monoisotopic (exact) mass is 210 g/mol. The quantitative estimate of drug-likeness (QED) is 0.743. The third-order valence-corrected chi connectivity index (χ3v) is 3.50. The smallest absolute Gasteiger partial charge is 0.222 e. The maximum Gasteiger partial charge on any atom is 0.222 e. The summed E-state index contributed by atoms with van der Waals surface area (Å²) in [7, 11) is 0. The molecule has 3 nitrogen and oxygen atoms in total. The Kier molecular flexibility index (Phi) is 3.62. The zero-order valence-corrected chi connectivity index (χ0v) is 9.67. The second kappa shape index (κ2) is 4.97. The van der Waals surface area contributed by atoms with Gasteiger partial charge in [-0.1, -0.05) is 0 Å². The van der Waals surface area contributed by atoms with Crippen LogP contribution in [0.4, 0.5) is 0 Å². The Morgan fingerprint density at radius 2 is 2.20 bits per heavy atom. The molecule has 15 heavy (non-hydrogen) atoms. The van der Waals surface area contributed by atoms with Crippen molar-refractivity contribution in [2.45, 2.75) is 45.1 Å². The minimum absolute atomic E-state index is 0.369. The molecule has 2 aliphatic rings. The zero-order valence-electron chi connectivity index (χ0n) is 9.67. The molecule has 1 amide bonds. The lowest BCUT2D eigenvalue weighted by Crippen LogP contribution is -2.41. The summed E-state index contributed by atoms with van der Waals surface area (Å²) in [5.74, 6) is 1.08. The fourth-order valence-corrected chi connectivity index (χ4v) is 2.28. The number of carbonyl (C=O) groups is 1. The van der Waals surface area contributed by atoms with Crippen molar-refractivity contribution in [1.82, 2.24) is 10.2 Å². The second-order valence-corrected chi connectivity index (χ2v) is 4.87. The largest absolute Gasteiger partial charge is 0.341 e. The molecule has 0 aromatic carbocycles. The van der Waals surface area contributed by atoms with Crippen molar-refractivity contribution in [3.8, 4) is 0 Å². The van der Waals surface area contributed by atoms with Gasteiger partial charge in [-0.15, -0.1) is 0 Å². The van der Waals surface area contributed by atoms with E-state index in [-0.39, 0.29) is 0 Å². The molecular formula is C12H22N2O. The molecule has 2 rings (SSSR count). The van der Waals surface area contributed by atoms with Crippen molar-refractivity contribution >= 4 is 5.91 Å². The Labute approximate surface area is 92.2 Å². The van der Waals surface area contributed by atoms with Crippen molar-refractivity contribution in [2.75, 3.05) is 19.6 Å². The van der Waals surface area contributed by atoms with Gasteiger partial charge >= 0.3 is 0 Å². The van der Waals surface area contributed by atoms with E-state index in [0.717, 1.165) is 26.1 Å². The van der Waals surface area contributed by atoms with Crippen LogP contribution in [0.25, 0.3) is 0 Å². The number of hydrogen-bond acceptors (Lipinski definition) is 2. The highest BCUT2D eigenvalue weighted by Crippen LogP contribution is 2.32. The lowest BCUT2D eigenvalue weighted by atomic mass is 10.2. The Morgan fingerprint density at radius 3 is 2.73 bits per heavy atom. The standard InChI is InChI=1S/C12H22N2O/c1-2-14(9-11-4-3-7-13-11)12(15)8-10-5-6-10/h10-11,13H,2-9H2,1H3. The van der Waals surface area contributed by atoms with Gasteiger partial charge < -0.3 is 10.2 Å².